The van der Waals surface area contributed by atoms with E-state index in [2.05, 4.69) is 5.32 Å². The van der Waals surface area contributed by atoms with Crippen LogP contribution in [-0.2, 0) is 14.3 Å². The summed E-state index contributed by atoms with van der Waals surface area (Å²) in [6.45, 7) is 3.10. The van der Waals surface area contributed by atoms with Crippen molar-refractivity contribution >= 4 is 5.91 Å². The molecule has 1 fully saturated rings. The summed E-state index contributed by atoms with van der Waals surface area (Å²) in [5.74, 6) is -0.247. The van der Waals surface area contributed by atoms with E-state index >= 15 is 0 Å². The zero-order chi connectivity index (χ0) is 15.4. The Morgan fingerprint density at radius 1 is 1.38 bits per heavy atom. The van der Waals surface area contributed by atoms with Crippen LogP contribution in [0.2, 0.25) is 0 Å². The molecule has 21 heavy (non-hydrogen) atoms. The number of ether oxygens (including phenoxy) is 2. The lowest BCUT2D eigenvalue weighted by Crippen LogP contribution is -2.54. The number of carbonyl (C=O) groups excluding carboxylic acids is 1. The summed E-state index contributed by atoms with van der Waals surface area (Å²) in [7, 11) is 0. The molecule has 3 N–H and O–H groups in total. The lowest BCUT2D eigenvalue weighted by Gasteiger charge is -2.38. The molecule has 0 aliphatic carbocycles. The van der Waals surface area contributed by atoms with Gasteiger partial charge >= 0.3 is 0 Å². The second kappa shape index (κ2) is 7.00. The number of aliphatic hydroxyl groups excluding tert-OH is 2. The van der Waals surface area contributed by atoms with Gasteiger partial charge in [0.1, 0.15) is 18.3 Å². The van der Waals surface area contributed by atoms with Crippen molar-refractivity contribution in [2.24, 2.45) is 0 Å². The van der Waals surface area contributed by atoms with Gasteiger partial charge in [-0.15, -0.1) is 0 Å². The van der Waals surface area contributed by atoms with Gasteiger partial charge in [0.05, 0.1) is 12.6 Å². The Kier molecular flexibility index (Phi) is 5.30. The molecule has 116 valence electrons. The zero-order valence-corrected chi connectivity index (χ0v) is 12.1. The maximum atomic E-state index is 11.1. The van der Waals surface area contributed by atoms with Crippen LogP contribution in [0.25, 0.3) is 0 Å². The van der Waals surface area contributed by atoms with E-state index in [0.29, 0.717) is 0 Å². The number of nitrogens with one attached hydrogen (secondary N) is 1. The van der Waals surface area contributed by atoms with Gasteiger partial charge in [-0.3, -0.25) is 4.79 Å². The maximum Gasteiger partial charge on any atom is 0.217 e. The summed E-state index contributed by atoms with van der Waals surface area (Å²) in [6.07, 6.45) is -3.44. The molecule has 1 heterocycles. The van der Waals surface area contributed by atoms with Gasteiger partial charge < -0.3 is 25.0 Å². The topological polar surface area (TPSA) is 88.0 Å². The highest BCUT2D eigenvalue weighted by Crippen LogP contribution is 2.28. The number of hydrogen-bond donors (Lipinski definition) is 3. The molecule has 6 heteroatoms. The van der Waals surface area contributed by atoms with E-state index in [-0.39, 0.29) is 12.5 Å². The first-order valence-electron chi connectivity index (χ1n) is 6.94. The van der Waals surface area contributed by atoms with Gasteiger partial charge in [0.25, 0.3) is 0 Å². The second-order valence-electron chi connectivity index (χ2n) is 5.22. The van der Waals surface area contributed by atoms with Crippen LogP contribution in [0.3, 0.4) is 0 Å². The minimum atomic E-state index is -1.03. The van der Waals surface area contributed by atoms with Gasteiger partial charge in [-0.2, -0.15) is 0 Å². The first-order chi connectivity index (χ1) is 9.99. The number of aliphatic hydroxyl groups is 2. The zero-order valence-electron chi connectivity index (χ0n) is 12.1. The largest absolute Gasteiger partial charge is 0.388 e. The minimum Gasteiger partial charge on any atom is -0.388 e. The Labute approximate surface area is 123 Å². The molecule has 1 aliphatic heterocycles. The Morgan fingerprint density at radius 3 is 2.67 bits per heavy atom. The summed E-state index contributed by atoms with van der Waals surface area (Å²) in [5.41, 5.74) is 0.814. The fourth-order valence-electron chi connectivity index (χ4n) is 2.34. The van der Waals surface area contributed by atoms with Gasteiger partial charge in [-0.1, -0.05) is 30.3 Å². The lowest BCUT2D eigenvalue weighted by atomic mass is 10.0. The third-order valence-electron chi connectivity index (χ3n) is 3.43. The fraction of sp³-hybridized carbons (Fsp3) is 0.533. The molecule has 0 radical (unpaired) electrons. The predicted molar refractivity (Wildman–Crippen MR) is 75.3 cm³/mol. The van der Waals surface area contributed by atoms with Gasteiger partial charge in [-0.05, 0) is 6.92 Å². The average molecular weight is 295 g/mol. The molecule has 1 amide bonds. The Balaban J connectivity index is 2.05. The normalized spacial score (nSPS) is 28.7. The quantitative estimate of drug-likeness (QED) is 0.746. The fourth-order valence-corrected chi connectivity index (χ4v) is 2.34. The van der Waals surface area contributed by atoms with Gasteiger partial charge in [0.2, 0.25) is 5.91 Å². The van der Waals surface area contributed by atoms with E-state index in [1.165, 1.54) is 6.92 Å². The van der Waals surface area contributed by atoms with E-state index in [1.54, 1.807) is 6.92 Å². The first-order valence-corrected chi connectivity index (χ1v) is 6.94. The monoisotopic (exact) mass is 295 g/mol. The molecule has 1 saturated heterocycles. The summed E-state index contributed by atoms with van der Waals surface area (Å²) in [5, 5.41) is 22.8. The summed E-state index contributed by atoms with van der Waals surface area (Å²) >= 11 is 0. The van der Waals surface area contributed by atoms with Crippen LogP contribution in [-0.4, -0.2) is 47.1 Å². The predicted octanol–water partition coefficient (Wildman–Crippen LogP) is 0.347. The number of carbonyl (C=O) groups is 1. The van der Waals surface area contributed by atoms with Crippen molar-refractivity contribution < 1.29 is 24.5 Å². The molecule has 0 aromatic heterocycles. The third-order valence-corrected chi connectivity index (χ3v) is 3.43. The third kappa shape index (κ3) is 4.01. The van der Waals surface area contributed by atoms with E-state index < -0.39 is 30.6 Å². The molecule has 2 rings (SSSR count). The smallest absolute Gasteiger partial charge is 0.217 e. The molecule has 1 aromatic rings. The van der Waals surface area contributed by atoms with Crippen molar-refractivity contribution in [2.45, 2.75) is 44.5 Å². The van der Waals surface area contributed by atoms with Crippen LogP contribution >= 0.6 is 0 Å². The standard InChI is InChI=1S/C15H21NO5/c1-9(16-10(2)17)13(19)14-12(18)8-20-15(21-14)11-6-4-3-5-7-11/h3-7,9,12-15,18-19H,8H2,1-2H3,(H,16,17)/t9-,12+,13+,14+,15?/m0/s1. The van der Waals surface area contributed by atoms with Gasteiger partial charge in [-0.25, -0.2) is 0 Å². The van der Waals surface area contributed by atoms with Crippen molar-refractivity contribution in [3.8, 4) is 0 Å². The van der Waals surface area contributed by atoms with Crippen LogP contribution in [0.4, 0.5) is 0 Å². The van der Waals surface area contributed by atoms with Crippen molar-refractivity contribution in [3.05, 3.63) is 35.9 Å². The van der Waals surface area contributed by atoms with Gasteiger partial charge in [0.15, 0.2) is 6.29 Å². The molecule has 0 saturated carbocycles. The molecule has 0 spiro atoms. The summed E-state index contributed by atoms with van der Waals surface area (Å²) < 4.78 is 11.1. The molecule has 0 bridgehead atoms. The van der Waals surface area contributed by atoms with Crippen molar-refractivity contribution in [1.82, 2.24) is 5.32 Å². The van der Waals surface area contributed by atoms with Crippen LogP contribution in [0, 0.1) is 0 Å². The van der Waals surface area contributed by atoms with Crippen molar-refractivity contribution in [2.75, 3.05) is 6.61 Å². The Bertz CT molecular complexity index is 466. The molecule has 1 aromatic carbocycles. The van der Waals surface area contributed by atoms with Crippen LogP contribution in [0.5, 0.6) is 0 Å². The Morgan fingerprint density at radius 2 is 2.05 bits per heavy atom. The Hall–Kier alpha value is -1.47. The van der Waals surface area contributed by atoms with E-state index in [9.17, 15) is 15.0 Å². The number of amides is 1. The molecule has 1 unspecified atom stereocenters. The number of benzene rings is 1. The summed E-state index contributed by atoms with van der Waals surface area (Å²) in [4.78, 5) is 11.1. The molecule has 6 nitrogen and oxygen atoms in total. The van der Waals surface area contributed by atoms with Crippen LogP contribution in [0.15, 0.2) is 30.3 Å². The van der Waals surface area contributed by atoms with Gasteiger partial charge in [0, 0.05) is 12.5 Å². The van der Waals surface area contributed by atoms with Crippen molar-refractivity contribution in [3.63, 3.8) is 0 Å². The van der Waals surface area contributed by atoms with Crippen LogP contribution in [0.1, 0.15) is 25.7 Å². The summed E-state index contributed by atoms with van der Waals surface area (Å²) in [6, 6.07) is 8.77. The molecular formula is C15H21NO5. The first kappa shape index (κ1) is 15.9. The maximum absolute atomic E-state index is 11.1. The second-order valence-corrected chi connectivity index (χ2v) is 5.22. The van der Waals surface area contributed by atoms with E-state index in [4.69, 9.17) is 9.47 Å². The SMILES string of the molecule is CC(=O)N[C@@H](C)[C@@H](O)[C@@H]1OC(c2ccccc2)OC[C@H]1O. The van der Waals surface area contributed by atoms with E-state index in [1.807, 2.05) is 30.3 Å². The molecular weight excluding hydrogens is 274 g/mol. The minimum absolute atomic E-state index is 0.0636. The van der Waals surface area contributed by atoms with Crippen molar-refractivity contribution in [1.29, 1.82) is 0 Å². The highest BCUT2D eigenvalue weighted by Gasteiger charge is 2.38. The average Bonchev–Trinajstić information content (AvgIpc) is 2.47. The number of hydrogen-bond acceptors (Lipinski definition) is 5. The number of rotatable bonds is 4. The lowest BCUT2D eigenvalue weighted by molar-refractivity contribution is -0.277. The van der Waals surface area contributed by atoms with E-state index in [0.717, 1.165) is 5.56 Å². The highest BCUT2D eigenvalue weighted by molar-refractivity contribution is 5.73. The highest BCUT2D eigenvalue weighted by atomic mass is 16.7. The molecule has 1 aliphatic rings. The molecule has 5 atom stereocenters. The van der Waals surface area contributed by atoms with Crippen LogP contribution < -0.4 is 5.32 Å².